The van der Waals surface area contributed by atoms with E-state index in [1.165, 1.54) is 13.0 Å². The summed E-state index contributed by atoms with van der Waals surface area (Å²) in [5, 5.41) is 9.89. The quantitative estimate of drug-likeness (QED) is 0.405. The van der Waals surface area contributed by atoms with E-state index in [-0.39, 0.29) is 17.3 Å². The lowest BCUT2D eigenvalue weighted by molar-refractivity contribution is -0.117. The Morgan fingerprint density at radius 2 is 1.95 bits per heavy atom. The van der Waals surface area contributed by atoms with E-state index in [0.29, 0.717) is 30.8 Å². The lowest BCUT2D eigenvalue weighted by atomic mass is 10.0. The Labute approximate surface area is 131 Å². The van der Waals surface area contributed by atoms with Crippen LogP contribution in [0.5, 0.6) is 11.5 Å². The van der Waals surface area contributed by atoms with Crippen LogP contribution in [0.2, 0.25) is 0 Å². The Bertz CT molecular complexity index is 546. The number of ketones is 2. The van der Waals surface area contributed by atoms with Crippen molar-refractivity contribution in [1.82, 2.24) is 0 Å². The molecule has 0 spiro atoms. The number of phenolic OH excluding ortho intramolecular Hbond substituents is 1. The maximum atomic E-state index is 11.5. The number of phenols is 1. The molecule has 120 valence electrons. The van der Waals surface area contributed by atoms with E-state index in [1.54, 1.807) is 19.1 Å². The highest BCUT2D eigenvalue weighted by Crippen LogP contribution is 2.29. The third kappa shape index (κ3) is 5.72. The fourth-order valence-electron chi connectivity index (χ4n) is 2.18. The van der Waals surface area contributed by atoms with Crippen molar-refractivity contribution in [3.8, 4) is 11.5 Å². The number of hydrogen-bond acceptors (Lipinski definition) is 4. The van der Waals surface area contributed by atoms with Crippen LogP contribution in [0, 0.1) is 0 Å². The van der Waals surface area contributed by atoms with Gasteiger partial charge in [-0.1, -0.05) is 6.08 Å². The molecule has 22 heavy (non-hydrogen) atoms. The van der Waals surface area contributed by atoms with Crippen molar-refractivity contribution >= 4 is 11.6 Å². The Morgan fingerprint density at radius 1 is 1.23 bits per heavy atom. The average molecular weight is 304 g/mol. The number of Topliss-reactive ketones (excluding diaryl/α,β-unsaturated/α-hetero) is 2. The van der Waals surface area contributed by atoms with Gasteiger partial charge in [-0.2, -0.15) is 0 Å². The van der Waals surface area contributed by atoms with E-state index >= 15 is 0 Å². The van der Waals surface area contributed by atoms with Gasteiger partial charge in [0.05, 0.1) is 12.2 Å². The second-order valence-electron chi connectivity index (χ2n) is 5.39. The van der Waals surface area contributed by atoms with Crippen molar-refractivity contribution < 1.29 is 19.4 Å². The zero-order valence-electron chi connectivity index (χ0n) is 13.4. The van der Waals surface area contributed by atoms with Crippen molar-refractivity contribution in [2.45, 2.75) is 46.0 Å². The highest BCUT2D eigenvalue weighted by molar-refractivity contribution is 5.97. The summed E-state index contributed by atoms with van der Waals surface area (Å²) in [6.07, 6.45) is 5.54. The number of unbranched alkanes of at least 4 members (excludes halogenated alkanes) is 2. The van der Waals surface area contributed by atoms with Crippen LogP contribution < -0.4 is 4.74 Å². The molecule has 0 bridgehead atoms. The summed E-state index contributed by atoms with van der Waals surface area (Å²) >= 11 is 0. The smallest absolute Gasteiger partial charge is 0.163 e. The molecule has 1 N–H and O–H groups in total. The van der Waals surface area contributed by atoms with E-state index in [2.05, 4.69) is 6.58 Å². The molecule has 4 nitrogen and oxygen atoms in total. The molecule has 0 amide bonds. The maximum absolute atomic E-state index is 11.5. The Kier molecular flexibility index (Phi) is 7.37. The summed E-state index contributed by atoms with van der Waals surface area (Å²) in [6, 6.07) is 3.15. The second kappa shape index (κ2) is 9.03. The molecule has 0 heterocycles. The van der Waals surface area contributed by atoms with Gasteiger partial charge in [-0.3, -0.25) is 4.79 Å². The van der Waals surface area contributed by atoms with Gasteiger partial charge in [-0.05, 0) is 51.2 Å². The third-order valence-corrected chi connectivity index (χ3v) is 3.35. The topological polar surface area (TPSA) is 63.6 Å². The highest BCUT2D eigenvalue weighted by atomic mass is 16.5. The van der Waals surface area contributed by atoms with Crippen LogP contribution in [0.1, 0.15) is 55.5 Å². The standard InChI is InChI=1S/C18H24O4/c1-4-8-15-11-16(14(3)20)17(21)12-18(15)22-10-7-5-6-9-13(2)19/h4,11-12,21H,1,5-10H2,2-3H3. The van der Waals surface area contributed by atoms with Crippen molar-refractivity contribution in [2.75, 3.05) is 6.61 Å². The van der Waals surface area contributed by atoms with Crippen molar-refractivity contribution in [3.63, 3.8) is 0 Å². The average Bonchev–Trinajstić information content (AvgIpc) is 2.44. The number of aromatic hydroxyl groups is 1. The number of carbonyl (C=O) groups is 2. The van der Waals surface area contributed by atoms with Crippen LogP contribution >= 0.6 is 0 Å². The van der Waals surface area contributed by atoms with Crippen LogP contribution in [-0.2, 0) is 11.2 Å². The first-order valence-electron chi connectivity index (χ1n) is 7.55. The number of carbonyl (C=O) groups excluding carboxylic acids is 2. The molecule has 0 atom stereocenters. The SMILES string of the molecule is C=CCc1cc(C(C)=O)c(O)cc1OCCCCCC(C)=O. The Balaban J connectivity index is 2.65. The van der Waals surface area contributed by atoms with Crippen molar-refractivity contribution in [1.29, 1.82) is 0 Å². The van der Waals surface area contributed by atoms with Gasteiger partial charge in [-0.15, -0.1) is 6.58 Å². The van der Waals surface area contributed by atoms with E-state index in [0.717, 1.165) is 24.8 Å². The highest BCUT2D eigenvalue weighted by Gasteiger charge is 2.12. The fraction of sp³-hybridized carbons (Fsp3) is 0.444. The number of allylic oxidation sites excluding steroid dienone is 1. The Morgan fingerprint density at radius 3 is 2.55 bits per heavy atom. The second-order valence-corrected chi connectivity index (χ2v) is 5.39. The molecule has 1 rings (SSSR count). The summed E-state index contributed by atoms with van der Waals surface area (Å²) < 4.78 is 5.71. The number of benzene rings is 1. The molecular weight excluding hydrogens is 280 g/mol. The molecule has 1 aromatic rings. The van der Waals surface area contributed by atoms with Crippen LogP contribution in [0.15, 0.2) is 24.8 Å². The molecular formula is C18H24O4. The number of hydrogen-bond donors (Lipinski definition) is 1. The molecule has 0 aliphatic rings. The van der Waals surface area contributed by atoms with Gasteiger partial charge in [0, 0.05) is 12.5 Å². The number of ether oxygens (including phenoxy) is 1. The minimum atomic E-state index is -0.182. The fourth-order valence-corrected chi connectivity index (χ4v) is 2.18. The maximum Gasteiger partial charge on any atom is 0.163 e. The molecule has 0 aromatic heterocycles. The summed E-state index contributed by atoms with van der Waals surface area (Å²) in [6.45, 7) is 7.22. The van der Waals surface area contributed by atoms with E-state index in [4.69, 9.17) is 4.74 Å². The lowest BCUT2D eigenvalue weighted by Crippen LogP contribution is -2.03. The van der Waals surface area contributed by atoms with Crippen LogP contribution in [-0.4, -0.2) is 23.3 Å². The van der Waals surface area contributed by atoms with Gasteiger partial charge in [-0.25, -0.2) is 0 Å². The van der Waals surface area contributed by atoms with Gasteiger partial charge >= 0.3 is 0 Å². The summed E-state index contributed by atoms with van der Waals surface area (Å²) in [5.41, 5.74) is 1.13. The summed E-state index contributed by atoms with van der Waals surface area (Å²) in [5.74, 6) is 0.540. The minimum Gasteiger partial charge on any atom is -0.507 e. The lowest BCUT2D eigenvalue weighted by Gasteiger charge is -2.13. The first-order chi connectivity index (χ1) is 10.5. The van der Waals surface area contributed by atoms with Crippen molar-refractivity contribution in [3.05, 3.63) is 35.9 Å². The summed E-state index contributed by atoms with van der Waals surface area (Å²) in [4.78, 5) is 22.3. The first-order valence-corrected chi connectivity index (χ1v) is 7.55. The van der Waals surface area contributed by atoms with Crippen LogP contribution in [0.25, 0.3) is 0 Å². The largest absolute Gasteiger partial charge is 0.507 e. The van der Waals surface area contributed by atoms with Gasteiger partial charge in [0.1, 0.15) is 17.3 Å². The minimum absolute atomic E-state index is 0.0631. The Hall–Kier alpha value is -2.10. The summed E-state index contributed by atoms with van der Waals surface area (Å²) in [7, 11) is 0. The number of rotatable bonds is 10. The third-order valence-electron chi connectivity index (χ3n) is 3.35. The molecule has 4 heteroatoms. The molecule has 0 saturated heterocycles. The van der Waals surface area contributed by atoms with E-state index in [9.17, 15) is 14.7 Å². The van der Waals surface area contributed by atoms with Gasteiger partial charge in [0.25, 0.3) is 0 Å². The van der Waals surface area contributed by atoms with E-state index in [1.807, 2.05) is 0 Å². The molecule has 0 fully saturated rings. The van der Waals surface area contributed by atoms with Crippen LogP contribution in [0.4, 0.5) is 0 Å². The van der Waals surface area contributed by atoms with Gasteiger partial charge < -0.3 is 14.6 Å². The van der Waals surface area contributed by atoms with E-state index < -0.39 is 0 Å². The van der Waals surface area contributed by atoms with Crippen LogP contribution in [0.3, 0.4) is 0 Å². The van der Waals surface area contributed by atoms with Gasteiger partial charge in [0.15, 0.2) is 5.78 Å². The monoisotopic (exact) mass is 304 g/mol. The van der Waals surface area contributed by atoms with Crippen molar-refractivity contribution in [2.24, 2.45) is 0 Å². The predicted octanol–water partition coefficient (Wildman–Crippen LogP) is 3.85. The predicted molar refractivity (Wildman–Crippen MR) is 86.7 cm³/mol. The molecule has 0 unspecified atom stereocenters. The zero-order valence-corrected chi connectivity index (χ0v) is 13.4. The molecule has 1 aromatic carbocycles. The molecule has 0 saturated carbocycles. The normalized spacial score (nSPS) is 10.3. The first kappa shape index (κ1) is 18.0. The molecule has 0 aliphatic carbocycles. The molecule has 0 aliphatic heterocycles. The zero-order chi connectivity index (χ0) is 16.5. The molecule has 0 radical (unpaired) electrons. The van der Waals surface area contributed by atoms with Gasteiger partial charge in [0.2, 0.25) is 0 Å².